The van der Waals surface area contributed by atoms with Crippen LogP contribution in [0.4, 0.5) is 10.5 Å². The van der Waals surface area contributed by atoms with Crippen molar-refractivity contribution in [3.05, 3.63) is 65.7 Å². The molecule has 1 saturated heterocycles. The first-order valence-electron chi connectivity index (χ1n) is 10.1. The first-order valence-corrected chi connectivity index (χ1v) is 10.1. The molecule has 0 aromatic heterocycles. The van der Waals surface area contributed by atoms with Crippen LogP contribution in [0.3, 0.4) is 0 Å². The minimum Gasteiger partial charge on any atom is -0.339 e. The van der Waals surface area contributed by atoms with Gasteiger partial charge in [0.2, 0.25) is 0 Å². The summed E-state index contributed by atoms with van der Waals surface area (Å²) in [5, 5.41) is 2.80. The van der Waals surface area contributed by atoms with Crippen LogP contribution in [0.2, 0.25) is 0 Å². The Morgan fingerprint density at radius 3 is 2.46 bits per heavy atom. The SMILES string of the molecule is CN(C(=O)c1cccc(N2CCNC2=O)c1)C1CCC(c2ccccc2)CC1. The molecular weight excluding hydrogens is 350 g/mol. The molecule has 1 saturated carbocycles. The summed E-state index contributed by atoms with van der Waals surface area (Å²) in [6, 6.07) is 18.3. The quantitative estimate of drug-likeness (QED) is 0.875. The molecule has 0 spiro atoms. The van der Waals surface area contributed by atoms with Gasteiger partial charge in [0.15, 0.2) is 0 Å². The van der Waals surface area contributed by atoms with Gasteiger partial charge in [0.25, 0.3) is 5.91 Å². The normalized spacial score (nSPS) is 22.0. The van der Waals surface area contributed by atoms with E-state index in [4.69, 9.17) is 0 Å². The lowest BCUT2D eigenvalue weighted by Gasteiger charge is -2.35. The van der Waals surface area contributed by atoms with E-state index in [9.17, 15) is 9.59 Å². The smallest absolute Gasteiger partial charge is 0.321 e. The number of hydrogen-bond acceptors (Lipinski definition) is 2. The Labute approximate surface area is 166 Å². The van der Waals surface area contributed by atoms with Crippen LogP contribution in [0, 0.1) is 0 Å². The second-order valence-electron chi connectivity index (χ2n) is 7.77. The van der Waals surface area contributed by atoms with Gasteiger partial charge in [0, 0.05) is 37.4 Å². The lowest BCUT2D eigenvalue weighted by Crippen LogP contribution is -2.39. The van der Waals surface area contributed by atoms with Crippen molar-refractivity contribution >= 4 is 17.6 Å². The first kappa shape index (κ1) is 18.5. The van der Waals surface area contributed by atoms with Crippen LogP contribution in [0.5, 0.6) is 0 Å². The van der Waals surface area contributed by atoms with Crippen molar-refractivity contribution in [2.24, 2.45) is 0 Å². The monoisotopic (exact) mass is 377 g/mol. The van der Waals surface area contributed by atoms with E-state index >= 15 is 0 Å². The van der Waals surface area contributed by atoms with E-state index in [-0.39, 0.29) is 18.0 Å². The summed E-state index contributed by atoms with van der Waals surface area (Å²) in [6.07, 6.45) is 4.27. The van der Waals surface area contributed by atoms with E-state index in [1.807, 2.05) is 36.2 Å². The zero-order chi connectivity index (χ0) is 19.5. The highest BCUT2D eigenvalue weighted by atomic mass is 16.2. The van der Waals surface area contributed by atoms with Gasteiger partial charge in [0.1, 0.15) is 0 Å². The number of nitrogens with one attached hydrogen (secondary N) is 1. The number of carbonyl (C=O) groups is 2. The largest absolute Gasteiger partial charge is 0.339 e. The molecule has 1 heterocycles. The molecule has 5 nitrogen and oxygen atoms in total. The Hall–Kier alpha value is -2.82. The Morgan fingerprint density at radius 1 is 1.04 bits per heavy atom. The molecule has 1 aliphatic heterocycles. The molecule has 28 heavy (non-hydrogen) atoms. The van der Waals surface area contributed by atoms with Crippen LogP contribution >= 0.6 is 0 Å². The minimum absolute atomic E-state index is 0.0321. The zero-order valence-electron chi connectivity index (χ0n) is 16.3. The van der Waals surface area contributed by atoms with Crippen molar-refractivity contribution in [2.45, 2.75) is 37.6 Å². The van der Waals surface area contributed by atoms with E-state index in [1.54, 1.807) is 4.90 Å². The second-order valence-corrected chi connectivity index (χ2v) is 7.77. The first-order chi connectivity index (χ1) is 13.6. The van der Waals surface area contributed by atoms with E-state index in [0.29, 0.717) is 24.6 Å². The van der Waals surface area contributed by atoms with Gasteiger partial charge in [-0.05, 0) is 55.4 Å². The van der Waals surface area contributed by atoms with Crippen LogP contribution in [-0.4, -0.2) is 43.0 Å². The van der Waals surface area contributed by atoms with Crippen molar-refractivity contribution in [3.63, 3.8) is 0 Å². The average molecular weight is 377 g/mol. The molecule has 0 radical (unpaired) electrons. The Morgan fingerprint density at radius 2 is 1.79 bits per heavy atom. The summed E-state index contributed by atoms with van der Waals surface area (Å²) in [4.78, 5) is 28.5. The number of amides is 3. The van der Waals surface area contributed by atoms with Crippen molar-refractivity contribution in [3.8, 4) is 0 Å². The van der Waals surface area contributed by atoms with E-state index in [2.05, 4.69) is 35.6 Å². The van der Waals surface area contributed by atoms with Crippen LogP contribution < -0.4 is 10.2 Å². The molecule has 2 aromatic rings. The standard InChI is InChI=1S/C23H27N3O2/c1-25(20-12-10-18(11-13-20)17-6-3-2-4-7-17)22(27)19-8-5-9-21(16-19)26-15-14-24-23(26)28/h2-9,16,18,20H,10-15H2,1H3,(H,24,28). The van der Waals surface area contributed by atoms with Crippen molar-refractivity contribution in [1.82, 2.24) is 10.2 Å². The third-order valence-corrected chi connectivity index (χ3v) is 6.10. The molecule has 4 rings (SSSR count). The van der Waals surface area contributed by atoms with Gasteiger partial charge in [-0.15, -0.1) is 0 Å². The summed E-state index contributed by atoms with van der Waals surface area (Å²) >= 11 is 0. The van der Waals surface area contributed by atoms with Crippen molar-refractivity contribution in [2.75, 3.05) is 25.0 Å². The maximum Gasteiger partial charge on any atom is 0.321 e. The Balaban J connectivity index is 1.41. The molecule has 5 heteroatoms. The van der Waals surface area contributed by atoms with E-state index in [0.717, 1.165) is 31.4 Å². The van der Waals surface area contributed by atoms with Gasteiger partial charge in [-0.2, -0.15) is 0 Å². The topological polar surface area (TPSA) is 52.7 Å². The molecule has 0 bridgehead atoms. The van der Waals surface area contributed by atoms with Crippen LogP contribution in [0.25, 0.3) is 0 Å². The highest BCUT2D eigenvalue weighted by Crippen LogP contribution is 2.34. The summed E-state index contributed by atoms with van der Waals surface area (Å²) < 4.78 is 0. The van der Waals surface area contributed by atoms with Crippen molar-refractivity contribution < 1.29 is 9.59 Å². The number of urea groups is 1. The molecule has 1 aliphatic carbocycles. The maximum atomic E-state index is 13.1. The highest BCUT2D eigenvalue weighted by molar-refractivity contribution is 5.98. The molecule has 0 unspecified atom stereocenters. The van der Waals surface area contributed by atoms with Gasteiger partial charge >= 0.3 is 6.03 Å². The predicted molar refractivity (Wildman–Crippen MR) is 111 cm³/mol. The second kappa shape index (κ2) is 8.05. The summed E-state index contributed by atoms with van der Waals surface area (Å²) in [5.74, 6) is 0.627. The van der Waals surface area contributed by atoms with Crippen LogP contribution in [0.15, 0.2) is 54.6 Å². The number of benzene rings is 2. The van der Waals surface area contributed by atoms with Gasteiger partial charge in [-0.3, -0.25) is 9.69 Å². The fourth-order valence-corrected chi connectivity index (χ4v) is 4.42. The fourth-order valence-electron chi connectivity index (χ4n) is 4.42. The summed E-state index contributed by atoms with van der Waals surface area (Å²) in [6.45, 7) is 1.28. The highest BCUT2D eigenvalue weighted by Gasteiger charge is 2.28. The molecule has 2 aliphatic rings. The molecular formula is C23H27N3O2. The summed E-state index contributed by atoms with van der Waals surface area (Å²) in [7, 11) is 1.91. The lowest BCUT2D eigenvalue weighted by molar-refractivity contribution is 0.0689. The fraction of sp³-hybridized carbons (Fsp3) is 0.391. The van der Waals surface area contributed by atoms with E-state index < -0.39 is 0 Å². The van der Waals surface area contributed by atoms with Gasteiger partial charge < -0.3 is 10.2 Å². The summed E-state index contributed by atoms with van der Waals surface area (Å²) in [5.41, 5.74) is 2.83. The van der Waals surface area contributed by atoms with Crippen LogP contribution in [0.1, 0.15) is 47.5 Å². The third kappa shape index (κ3) is 3.75. The molecule has 1 N–H and O–H groups in total. The molecule has 2 aromatic carbocycles. The Bertz CT molecular complexity index is 844. The predicted octanol–water partition coefficient (Wildman–Crippen LogP) is 4.01. The van der Waals surface area contributed by atoms with Gasteiger partial charge in [0.05, 0.1) is 0 Å². The number of nitrogens with zero attached hydrogens (tertiary/aromatic N) is 2. The number of hydrogen-bond donors (Lipinski definition) is 1. The number of anilines is 1. The molecule has 0 atom stereocenters. The van der Waals surface area contributed by atoms with Gasteiger partial charge in [-0.25, -0.2) is 4.79 Å². The zero-order valence-corrected chi connectivity index (χ0v) is 16.3. The van der Waals surface area contributed by atoms with E-state index in [1.165, 1.54) is 5.56 Å². The number of carbonyl (C=O) groups excluding carboxylic acids is 2. The lowest BCUT2D eigenvalue weighted by atomic mass is 9.81. The van der Waals surface area contributed by atoms with Crippen molar-refractivity contribution in [1.29, 1.82) is 0 Å². The van der Waals surface area contributed by atoms with Gasteiger partial charge in [-0.1, -0.05) is 36.4 Å². The molecule has 3 amide bonds. The Kier molecular flexibility index (Phi) is 5.33. The third-order valence-electron chi connectivity index (χ3n) is 6.10. The maximum absolute atomic E-state index is 13.1. The average Bonchev–Trinajstić information content (AvgIpc) is 3.19. The molecule has 2 fully saturated rings. The van der Waals surface area contributed by atoms with Crippen LogP contribution in [-0.2, 0) is 0 Å². The number of rotatable bonds is 4. The molecule has 146 valence electrons. The minimum atomic E-state index is -0.0998.